The number of nitrogens with one attached hydrogen (secondary N) is 1. The molecule has 0 radical (unpaired) electrons. The van der Waals surface area contributed by atoms with Gasteiger partial charge in [-0.2, -0.15) is 0 Å². The van der Waals surface area contributed by atoms with Gasteiger partial charge in [0, 0.05) is 4.88 Å². The Morgan fingerprint density at radius 2 is 1.94 bits per heavy atom. The molecule has 0 saturated carbocycles. The smallest absolute Gasteiger partial charge is 0.110 e. The zero-order valence-electron chi connectivity index (χ0n) is 10.0. The van der Waals surface area contributed by atoms with Gasteiger partial charge in [0.15, 0.2) is 0 Å². The van der Waals surface area contributed by atoms with Crippen LogP contribution in [0.4, 0.5) is 0 Å². The molecular weight excluding hydrogens is 224 g/mol. The summed E-state index contributed by atoms with van der Waals surface area (Å²) in [6, 6.07) is -0.156. The van der Waals surface area contributed by atoms with Crippen LogP contribution in [0.5, 0.6) is 0 Å². The largest absolute Gasteiger partial charge is 0.395 e. The highest BCUT2D eigenvalue weighted by molar-refractivity contribution is 7.11. The van der Waals surface area contributed by atoms with Crippen molar-refractivity contribution in [1.29, 1.82) is 0 Å². The van der Waals surface area contributed by atoms with E-state index < -0.39 is 0 Å². The van der Waals surface area contributed by atoms with Gasteiger partial charge in [-0.3, -0.25) is 0 Å². The molecule has 0 aromatic carbocycles. The highest BCUT2D eigenvalue weighted by atomic mass is 32.1. The van der Waals surface area contributed by atoms with E-state index in [0.29, 0.717) is 0 Å². The molecular formula is C11H20N2O2S. The number of nitrogens with zero attached hydrogens (tertiary/aromatic N) is 1. The van der Waals surface area contributed by atoms with Crippen LogP contribution in [0.1, 0.15) is 35.0 Å². The van der Waals surface area contributed by atoms with Crippen molar-refractivity contribution in [2.75, 3.05) is 13.2 Å². The maximum atomic E-state index is 9.04. The second-order valence-electron chi connectivity index (χ2n) is 3.88. The lowest BCUT2D eigenvalue weighted by molar-refractivity contribution is 0.161. The molecule has 3 N–H and O–H groups in total. The maximum Gasteiger partial charge on any atom is 0.110 e. The monoisotopic (exact) mass is 244 g/mol. The van der Waals surface area contributed by atoms with Crippen LogP contribution in [0.2, 0.25) is 0 Å². The fraction of sp³-hybridized carbons (Fsp3) is 0.727. The van der Waals surface area contributed by atoms with Gasteiger partial charge in [0.2, 0.25) is 0 Å². The zero-order valence-corrected chi connectivity index (χ0v) is 10.8. The Balaban J connectivity index is 2.74. The highest BCUT2D eigenvalue weighted by Crippen LogP contribution is 2.25. The summed E-state index contributed by atoms with van der Waals surface area (Å²) in [5.74, 6) is 0. The van der Waals surface area contributed by atoms with Crippen LogP contribution in [-0.2, 0) is 0 Å². The molecule has 0 saturated heterocycles. The molecule has 0 aliphatic rings. The van der Waals surface area contributed by atoms with Crippen LogP contribution >= 0.6 is 11.3 Å². The van der Waals surface area contributed by atoms with Gasteiger partial charge in [0.1, 0.15) is 5.01 Å². The molecule has 0 fully saturated rings. The minimum Gasteiger partial charge on any atom is -0.395 e. The number of hydrogen-bond acceptors (Lipinski definition) is 5. The van der Waals surface area contributed by atoms with E-state index >= 15 is 0 Å². The first-order valence-corrected chi connectivity index (χ1v) is 6.35. The Bertz CT molecular complexity index is 304. The van der Waals surface area contributed by atoms with Gasteiger partial charge in [-0.15, -0.1) is 11.3 Å². The quantitative estimate of drug-likeness (QED) is 0.702. The molecule has 1 atom stereocenters. The summed E-state index contributed by atoms with van der Waals surface area (Å²) in [6.45, 7) is 6.00. The Labute approximate surface area is 100 Å². The summed E-state index contributed by atoms with van der Waals surface area (Å²) in [7, 11) is 0. The fourth-order valence-electron chi connectivity index (χ4n) is 1.46. The van der Waals surface area contributed by atoms with Gasteiger partial charge in [-0.05, 0) is 20.3 Å². The van der Waals surface area contributed by atoms with E-state index in [1.165, 1.54) is 4.88 Å². The highest BCUT2D eigenvalue weighted by Gasteiger charge is 2.18. The summed E-state index contributed by atoms with van der Waals surface area (Å²) < 4.78 is 0. The number of aliphatic hydroxyl groups is 2. The number of aryl methyl sites for hydroxylation is 2. The van der Waals surface area contributed by atoms with Crippen molar-refractivity contribution in [2.45, 2.75) is 39.3 Å². The van der Waals surface area contributed by atoms with E-state index in [1.807, 2.05) is 6.92 Å². The third kappa shape index (κ3) is 3.25. The lowest BCUT2D eigenvalue weighted by atomic mass is 10.2. The van der Waals surface area contributed by atoms with E-state index in [2.05, 4.69) is 24.1 Å². The Morgan fingerprint density at radius 3 is 2.31 bits per heavy atom. The first kappa shape index (κ1) is 13.6. The molecule has 16 heavy (non-hydrogen) atoms. The number of aliphatic hydroxyl groups excluding tert-OH is 2. The van der Waals surface area contributed by atoms with E-state index in [-0.39, 0.29) is 25.3 Å². The summed E-state index contributed by atoms with van der Waals surface area (Å²) in [6.07, 6.45) is 0.892. The molecule has 92 valence electrons. The summed E-state index contributed by atoms with van der Waals surface area (Å²) in [5.41, 5.74) is 1.06. The number of hydrogen-bond donors (Lipinski definition) is 3. The molecule has 0 bridgehead atoms. The van der Waals surface area contributed by atoms with Crippen molar-refractivity contribution >= 4 is 11.3 Å². The Morgan fingerprint density at radius 1 is 1.31 bits per heavy atom. The van der Waals surface area contributed by atoms with E-state index in [9.17, 15) is 0 Å². The van der Waals surface area contributed by atoms with Crippen LogP contribution in [-0.4, -0.2) is 34.5 Å². The predicted octanol–water partition coefficient (Wildman–Crippen LogP) is 1.15. The number of thiazole rings is 1. The van der Waals surface area contributed by atoms with E-state index in [0.717, 1.165) is 17.1 Å². The third-order valence-corrected chi connectivity index (χ3v) is 3.82. The fourth-order valence-corrected chi connectivity index (χ4v) is 2.52. The molecule has 1 aromatic heterocycles. The lowest BCUT2D eigenvalue weighted by Crippen LogP contribution is -2.38. The molecule has 0 spiro atoms. The van der Waals surface area contributed by atoms with Crippen molar-refractivity contribution in [2.24, 2.45) is 0 Å². The SMILES string of the molecule is CC[C@@H](NC(CO)CO)c1nc(C)c(C)s1. The second kappa shape index (κ2) is 6.30. The molecule has 0 amide bonds. The average Bonchev–Trinajstić information content (AvgIpc) is 2.61. The third-order valence-electron chi connectivity index (χ3n) is 2.63. The first-order valence-electron chi connectivity index (χ1n) is 5.54. The summed E-state index contributed by atoms with van der Waals surface area (Å²) in [4.78, 5) is 5.72. The van der Waals surface area contributed by atoms with Gasteiger partial charge >= 0.3 is 0 Å². The van der Waals surface area contributed by atoms with Gasteiger partial charge in [-0.1, -0.05) is 6.92 Å². The van der Waals surface area contributed by atoms with Crippen LogP contribution in [0.25, 0.3) is 0 Å². The molecule has 1 aromatic rings. The Hall–Kier alpha value is -0.490. The van der Waals surface area contributed by atoms with Crippen LogP contribution < -0.4 is 5.32 Å². The Kier molecular flexibility index (Phi) is 5.34. The van der Waals surface area contributed by atoms with Gasteiger partial charge in [0.05, 0.1) is 31.0 Å². The molecule has 1 rings (SSSR count). The molecule has 0 aliphatic heterocycles. The molecule has 4 nitrogen and oxygen atoms in total. The molecule has 0 aliphatic carbocycles. The second-order valence-corrected chi connectivity index (χ2v) is 5.12. The molecule has 0 unspecified atom stereocenters. The maximum absolute atomic E-state index is 9.04. The average molecular weight is 244 g/mol. The van der Waals surface area contributed by atoms with Gasteiger partial charge in [-0.25, -0.2) is 4.98 Å². The van der Waals surface area contributed by atoms with Crippen molar-refractivity contribution in [3.63, 3.8) is 0 Å². The summed E-state index contributed by atoms with van der Waals surface area (Å²) in [5, 5.41) is 22.3. The summed E-state index contributed by atoms with van der Waals surface area (Å²) >= 11 is 1.67. The molecule has 1 heterocycles. The van der Waals surface area contributed by atoms with Crippen molar-refractivity contribution < 1.29 is 10.2 Å². The standard InChI is InChI=1S/C11H20N2O2S/c1-4-10(13-9(5-14)6-15)11-12-7(2)8(3)16-11/h9-10,13-15H,4-6H2,1-3H3/t10-/m1/s1. The van der Waals surface area contributed by atoms with E-state index in [4.69, 9.17) is 10.2 Å². The normalized spacial score (nSPS) is 13.4. The topological polar surface area (TPSA) is 65.4 Å². The number of rotatable bonds is 6. The minimum absolute atomic E-state index is 0.0592. The van der Waals surface area contributed by atoms with Crippen molar-refractivity contribution in [3.05, 3.63) is 15.6 Å². The van der Waals surface area contributed by atoms with E-state index in [1.54, 1.807) is 11.3 Å². The van der Waals surface area contributed by atoms with Crippen molar-refractivity contribution in [1.82, 2.24) is 10.3 Å². The van der Waals surface area contributed by atoms with Crippen molar-refractivity contribution in [3.8, 4) is 0 Å². The minimum atomic E-state index is -0.269. The number of aromatic nitrogens is 1. The predicted molar refractivity (Wildman–Crippen MR) is 65.7 cm³/mol. The first-order chi connectivity index (χ1) is 7.62. The van der Waals surface area contributed by atoms with Gasteiger partial charge in [0.25, 0.3) is 0 Å². The zero-order chi connectivity index (χ0) is 12.1. The van der Waals surface area contributed by atoms with Crippen LogP contribution in [0.3, 0.4) is 0 Å². The van der Waals surface area contributed by atoms with Gasteiger partial charge < -0.3 is 15.5 Å². The lowest BCUT2D eigenvalue weighted by Gasteiger charge is -2.20. The van der Waals surface area contributed by atoms with Crippen LogP contribution in [0, 0.1) is 13.8 Å². The van der Waals surface area contributed by atoms with Crippen LogP contribution in [0.15, 0.2) is 0 Å². The molecule has 5 heteroatoms.